The van der Waals surface area contributed by atoms with Gasteiger partial charge in [0.25, 0.3) is 0 Å². The van der Waals surface area contributed by atoms with Crippen LogP contribution in [0.4, 0.5) is 14.5 Å². The highest BCUT2D eigenvalue weighted by Gasteiger charge is 2.08. The molecule has 0 radical (unpaired) electrons. The van der Waals surface area contributed by atoms with Crippen molar-refractivity contribution >= 4 is 16.7 Å². The monoisotopic (exact) mass is 259 g/mol. The zero-order valence-electron chi connectivity index (χ0n) is 9.95. The number of halogens is 2. The Hall–Kier alpha value is -2.43. The first-order valence-corrected chi connectivity index (χ1v) is 5.80. The molecule has 0 atom stereocenters. The number of aromatic amines is 1. The maximum Gasteiger partial charge on any atom is 0.129 e. The van der Waals surface area contributed by atoms with Gasteiger partial charge in [0.15, 0.2) is 0 Å². The number of nitrogens with two attached hydrogens (primary N) is 1. The van der Waals surface area contributed by atoms with E-state index in [9.17, 15) is 8.78 Å². The van der Waals surface area contributed by atoms with Gasteiger partial charge >= 0.3 is 0 Å². The number of H-pyrrole nitrogens is 1. The number of nitrogens with zero attached hydrogens (tertiary/aromatic N) is 1. The van der Waals surface area contributed by atoms with Gasteiger partial charge in [0.05, 0.1) is 11.0 Å². The maximum absolute atomic E-state index is 13.6. The van der Waals surface area contributed by atoms with Crippen LogP contribution in [0.1, 0.15) is 11.4 Å². The van der Waals surface area contributed by atoms with E-state index >= 15 is 0 Å². The zero-order valence-corrected chi connectivity index (χ0v) is 9.95. The van der Waals surface area contributed by atoms with Crippen LogP contribution in [0.5, 0.6) is 0 Å². The first kappa shape index (κ1) is 11.6. The molecule has 0 bridgehead atoms. The average Bonchev–Trinajstić information content (AvgIpc) is 2.74. The Bertz CT molecular complexity index is 750. The fourth-order valence-corrected chi connectivity index (χ4v) is 2.01. The molecule has 3 rings (SSSR count). The van der Waals surface area contributed by atoms with Gasteiger partial charge < -0.3 is 10.7 Å². The van der Waals surface area contributed by atoms with E-state index in [1.807, 2.05) is 0 Å². The highest BCUT2D eigenvalue weighted by Crippen LogP contribution is 2.18. The van der Waals surface area contributed by atoms with Gasteiger partial charge in [-0.3, -0.25) is 0 Å². The van der Waals surface area contributed by atoms with Crippen LogP contribution in [0.2, 0.25) is 0 Å². The number of fused-ring (bicyclic) bond motifs is 1. The number of hydrogen-bond acceptors (Lipinski definition) is 2. The van der Waals surface area contributed by atoms with Gasteiger partial charge in [-0.1, -0.05) is 6.07 Å². The summed E-state index contributed by atoms with van der Waals surface area (Å²) in [7, 11) is 0. The minimum atomic E-state index is -0.585. The van der Waals surface area contributed by atoms with Crippen molar-refractivity contribution in [3.8, 4) is 0 Å². The lowest BCUT2D eigenvalue weighted by molar-refractivity contribution is 0.574. The molecule has 0 saturated heterocycles. The molecule has 3 nitrogen and oxygen atoms in total. The summed E-state index contributed by atoms with van der Waals surface area (Å²) in [6.07, 6.45) is 0.278. The van der Waals surface area contributed by atoms with Crippen LogP contribution in [-0.4, -0.2) is 9.97 Å². The van der Waals surface area contributed by atoms with Crippen molar-refractivity contribution in [2.24, 2.45) is 0 Å². The maximum atomic E-state index is 13.6. The predicted octanol–water partition coefficient (Wildman–Crippen LogP) is 3.01. The van der Waals surface area contributed by atoms with E-state index in [0.29, 0.717) is 17.1 Å². The highest BCUT2D eigenvalue weighted by atomic mass is 19.1. The summed E-state index contributed by atoms with van der Waals surface area (Å²) in [6.45, 7) is 0. The van der Waals surface area contributed by atoms with Crippen LogP contribution >= 0.6 is 0 Å². The molecule has 2 aromatic carbocycles. The number of aromatic nitrogens is 2. The summed E-state index contributed by atoms with van der Waals surface area (Å²) in [4.78, 5) is 7.42. The van der Waals surface area contributed by atoms with Crippen LogP contribution in [0.25, 0.3) is 11.0 Å². The third kappa shape index (κ3) is 2.27. The summed E-state index contributed by atoms with van der Waals surface area (Å²) in [5.74, 6) is -0.537. The minimum absolute atomic E-state index is 0.278. The first-order valence-electron chi connectivity index (χ1n) is 5.80. The number of anilines is 1. The third-order valence-electron chi connectivity index (χ3n) is 2.93. The lowest BCUT2D eigenvalue weighted by Crippen LogP contribution is -1.95. The lowest BCUT2D eigenvalue weighted by Gasteiger charge is -2.00. The summed E-state index contributed by atoms with van der Waals surface area (Å²) in [5, 5.41) is 0. The van der Waals surface area contributed by atoms with Crippen molar-refractivity contribution in [1.82, 2.24) is 9.97 Å². The zero-order chi connectivity index (χ0) is 13.4. The van der Waals surface area contributed by atoms with E-state index in [4.69, 9.17) is 5.73 Å². The normalized spacial score (nSPS) is 11.1. The number of imidazole rings is 1. The number of rotatable bonds is 2. The molecule has 1 heterocycles. The smallest absolute Gasteiger partial charge is 0.129 e. The SMILES string of the molecule is Nc1ccc2nc(Cc3ccc(F)cc3F)[nH]c2c1. The van der Waals surface area contributed by atoms with Gasteiger partial charge in [-0.25, -0.2) is 13.8 Å². The molecule has 0 aliphatic heterocycles. The van der Waals surface area contributed by atoms with E-state index in [1.54, 1.807) is 18.2 Å². The van der Waals surface area contributed by atoms with Gasteiger partial charge in [0, 0.05) is 18.2 Å². The Balaban J connectivity index is 1.96. The Morgan fingerprint density at radius 3 is 2.74 bits per heavy atom. The van der Waals surface area contributed by atoms with Crippen molar-refractivity contribution < 1.29 is 8.78 Å². The van der Waals surface area contributed by atoms with Gasteiger partial charge in [-0.2, -0.15) is 0 Å². The van der Waals surface area contributed by atoms with Gasteiger partial charge in [-0.05, 0) is 29.8 Å². The van der Waals surface area contributed by atoms with Crippen LogP contribution in [0.3, 0.4) is 0 Å². The standard InChI is InChI=1S/C14H11F2N3/c15-9-2-1-8(11(16)6-9)5-14-18-12-4-3-10(17)7-13(12)19-14/h1-4,6-7H,5,17H2,(H,18,19). The number of nitrogen functional groups attached to an aromatic ring is 1. The summed E-state index contributed by atoms with van der Waals surface area (Å²) < 4.78 is 26.4. The molecule has 96 valence electrons. The second kappa shape index (κ2) is 4.35. The van der Waals surface area contributed by atoms with Crippen molar-refractivity contribution in [3.05, 3.63) is 59.4 Å². The fraction of sp³-hybridized carbons (Fsp3) is 0.0714. The third-order valence-corrected chi connectivity index (χ3v) is 2.93. The average molecular weight is 259 g/mol. The quantitative estimate of drug-likeness (QED) is 0.695. The Labute approximate surface area is 108 Å². The molecule has 0 aliphatic rings. The molecule has 0 spiro atoms. The van der Waals surface area contributed by atoms with Crippen molar-refractivity contribution in [2.75, 3.05) is 5.73 Å². The summed E-state index contributed by atoms with van der Waals surface area (Å²) >= 11 is 0. The highest BCUT2D eigenvalue weighted by molar-refractivity contribution is 5.78. The molecule has 3 N–H and O–H groups in total. The summed E-state index contributed by atoms with van der Waals surface area (Å²) in [5.41, 5.74) is 8.28. The largest absolute Gasteiger partial charge is 0.399 e. The summed E-state index contributed by atoms with van der Waals surface area (Å²) in [6, 6.07) is 8.85. The van der Waals surface area contributed by atoms with Crippen LogP contribution < -0.4 is 5.73 Å². The molecule has 0 saturated carbocycles. The van der Waals surface area contributed by atoms with Crippen molar-refractivity contribution in [3.63, 3.8) is 0 Å². The minimum Gasteiger partial charge on any atom is -0.399 e. The molecule has 0 fully saturated rings. The van der Waals surface area contributed by atoms with E-state index < -0.39 is 11.6 Å². The van der Waals surface area contributed by atoms with E-state index in [0.717, 1.165) is 17.1 Å². The molecule has 0 unspecified atom stereocenters. The van der Waals surface area contributed by atoms with Crippen molar-refractivity contribution in [2.45, 2.75) is 6.42 Å². The first-order chi connectivity index (χ1) is 9.11. The Kier molecular flexibility index (Phi) is 2.67. The Morgan fingerprint density at radius 1 is 1.11 bits per heavy atom. The molecule has 0 amide bonds. The fourth-order valence-electron chi connectivity index (χ4n) is 2.01. The molecule has 1 aromatic heterocycles. The van der Waals surface area contributed by atoms with Gasteiger partial charge in [0.2, 0.25) is 0 Å². The molecule has 0 aliphatic carbocycles. The van der Waals surface area contributed by atoms with E-state index in [-0.39, 0.29) is 6.42 Å². The van der Waals surface area contributed by atoms with Crippen molar-refractivity contribution in [1.29, 1.82) is 0 Å². The molecular formula is C14H11F2N3. The second-order valence-electron chi connectivity index (χ2n) is 4.37. The Morgan fingerprint density at radius 2 is 1.95 bits per heavy atom. The molecular weight excluding hydrogens is 248 g/mol. The van der Waals surface area contributed by atoms with Gasteiger partial charge in [-0.15, -0.1) is 0 Å². The van der Waals surface area contributed by atoms with Gasteiger partial charge in [0.1, 0.15) is 17.5 Å². The van der Waals surface area contributed by atoms with Crippen LogP contribution in [0.15, 0.2) is 36.4 Å². The second-order valence-corrected chi connectivity index (χ2v) is 4.37. The number of benzene rings is 2. The van der Waals surface area contributed by atoms with E-state index in [1.165, 1.54) is 12.1 Å². The number of nitrogens with one attached hydrogen (secondary N) is 1. The molecule has 5 heteroatoms. The van der Waals surface area contributed by atoms with E-state index in [2.05, 4.69) is 9.97 Å². The van der Waals surface area contributed by atoms with Crippen LogP contribution in [-0.2, 0) is 6.42 Å². The predicted molar refractivity (Wildman–Crippen MR) is 69.7 cm³/mol. The molecule has 19 heavy (non-hydrogen) atoms. The van der Waals surface area contributed by atoms with Crippen LogP contribution in [0, 0.1) is 11.6 Å². The molecule has 3 aromatic rings. The number of hydrogen-bond donors (Lipinski definition) is 2. The lowest BCUT2D eigenvalue weighted by atomic mass is 10.1. The topological polar surface area (TPSA) is 54.7 Å².